The number of benzene rings is 1. The fraction of sp³-hybridized carbons (Fsp3) is 0.591. The SMILES string of the molecule is CC(=O)CC[C@H]1CN(c2ccc(N3CCNN(C(=O)OC(C)(C)C)CC3)c(F)c2)C(=O)O1. The van der Waals surface area contributed by atoms with Gasteiger partial charge in [0.1, 0.15) is 23.3 Å². The summed E-state index contributed by atoms with van der Waals surface area (Å²) in [6.45, 7) is 8.85. The van der Waals surface area contributed by atoms with E-state index in [0.717, 1.165) is 0 Å². The molecule has 0 radical (unpaired) electrons. The topological polar surface area (TPSA) is 91.4 Å². The van der Waals surface area contributed by atoms with Crippen LogP contribution in [0.3, 0.4) is 0 Å². The summed E-state index contributed by atoms with van der Waals surface area (Å²) in [5.41, 5.74) is 3.21. The summed E-state index contributed by atoms with van der Waals surface area (Å²) >= 11 is 0. The van der Waals surface area contributed by atoms with Crippen LogP contribution in [0.1, 0.15) is 40.5 Å². The van der Waals surface area contributed by atoms with Crippen LogP contribution >= 0.6 is 0 Å². The van der Waals surface area contributed by atoms with Crippen LogP contribution in [-0.2, 0) is 14.3 Å². The molecule has 1 N–H and O–H groups in total. The number of ketones is 1. The van der Waals surface area contributed by atoms with E-state index in [0.29, 0.717) is 50.4 Å². The molecule has 2 amide bonds. The van der Waals surface area contributed by atoms with Gasteiger partial charge in [0.25, 0.3) is 0 Å². The van der Waals surface area contributed by atoms with E-state index >= 15 is 0 Å². The Hall–Kier alpha value is -2.88. The summed E-state index contributed by atoms with van der Waals surface area (Å²) in [4.78, 5) is 38.9. The van der Waals surface area contributed by atoms with Crippen molar-refractivity contribution in [1.29, 1.82) is 0 Å². The smallest absolute Gasteiger partial charge is 0.424 e. The number of amides is 2. The van der Waals surface area contributed by atoms with Crippen LogP contribution in [0.25, 0.3) is 0 Å². The molecular formula is C22H31FN4O5. The first-order valence-corrected chi connectivity index (χ1v) is 10.8. The highest BCUT2D eigenvalue weighted by molar-refractivity contribution is 5.90. The summed E-state index contributed by atoms with van der Waals surface area (Å²) in [6, 6.07) is 4.62. The lowest BCUT2D eigenvalue weighted by Gasteiger charge is -2.27. The van der Waals surface area contributed by atoms with E-state index in [1.165, 1.54) is 22.9 Å². The Kier molecular flexibility index (Phi) is 7.22. The number of halogens is 1. The number of Topliss-reactive ketones (excluding diaryl/α,β-unsaturated/α-hetero) is 1. The van der Waals surface area contributed by atoms with Crippen LogP contribution in [-0.4, -0.2) is 67.4 Å². The molecule has 2 aliphatic rings. The van der Waals surface area contributed by atoms with Crippen molar-refractivity contribution in [3.05, 3.63) is 24.0 Å². The van der Waals surface area contributed by atoms with Gasteiger partial charge in [0.2, 0.25) is 0 Å². The van der Waals surface area contributed by atoms with E-state index in [1.54, 1.807) is 32.9 Å². The Bertz CT molecular complexity index is 872. The van der Waals surface area contributed by atoms with E-state index in [1.807, 2.05) is 4.90 Å². The summed E-state index contributed by atoms with van der Waals surface area (Å²) in [6.07, 6.45) is -0.612. The molecule has 176 valence electrons. The Morgan fingerprint density at radius 2 is 2.00 bits per heavy atom. The van der Waals surface area contributed by atoms with E-state index in [2.05, 4.69) is 5.43 Å². The zero-order valence-corrected chi connectivity index (χ0v) is 19.0. The molecule has 1 aromatic carbocycles. The van der Waals surface area contributed by atoms with Crippen LogP contribution in [0.2, 0.25) is 0 Å². The van der Waals surface area contributed by atoms with Gasteiger partial charge >= 0.3 is 12.2 Å². The molecule has 2 saturated heterocycles. The van der Waals surface area contributed by atoms with Crippen LogP contribution in [0.5, 0.6) is 0 Å². The molecule has 0 aromatic heterocycles. The molecule has 1 aromatic rings. The van der Waals surface area contributed by atoms with E-state index in [9.17, 15) is 18.8 Å². The number of hydrogen-bond acceptors (Lipinski definition) is 7. The maximum absolute atomic E-state index is 15.0. The molecule has 9 nitrogen and oxygen atoms in total. The number of rotatable bonds is 5. The fourth-order valence-electron chi connectivity index (χ4n) is 3.61. The minimum absolute atomic E-state index is 0.0343. The second kappa shape index (κ2) is 9.72. The largest absolute Gasteiger partial charge is 0.444 e. The van der Waals surface area contributed by atoms with Crippen molar-refractivity contribution >= 4 is 29.3 Å². The van der Waals surface area contributed by atoms with Crippen molar-refractivity contribution in [3.8, 4) is 0 Å². The van der Waals surface area contributed by atoms with Crippen LogP contribution in [0.15, 0.2) is 18.2 Å². The van der Waals surface area contributed by atoms with Gasteiger partial charge in [-0.15, -0.1) is 0 Å². The maximum atomic E-state index is 15.0. The van der Waals surface area contributed by atoms with Crippen molar-refractivity contribution in [1.82, 2.24) is 10.4 Å². The van der Waals surface area contributed by atoms with Gasteiger partial charge in [-0.1, -0.05) is 0 Å². The molecule has 1 atom stereocenters. The molecule has 2 heterocycles. The Labute approximate surface area is 187 Å². The van der Waals surface area contributed by atoms with Gasteiger partial charge in [-0.2, -0.15) is 0 Å². The molecule has 2 aliphatic heterocycles. The van der Waals surface area contributed by atoms with E-state index in [4.69, 9.17) is 9.47 Å². The lowest BCUT2D eigenvalue weighted by Crippen LogP contribution is -2.46. The van der Waals surface area contributed by atoms with Crippen molar-refractivity contribution in [3.63, 3.8) is 0 Å². The van der Waals surface area contributed by atoms with Gasteiger partial charge in [-0.05, 0) is 52.3 Å². The zero-order valence-electron chi connectivity index (χ0n) is 19.0. The number of carbonyl (C=O) groups is 3. The first-order chi connectivity index (χ1) is 15.0. The molecule has 0 bridgehead atoms. The van der Waals surface area contributed by atoms with Gasteiger partial charge < -0.3 is 19.2 Å². The summed E-state index contributed by atoms with van der Waals surface area (Å²) < 4.78 is 25.7. The number of nitrogens with one attached hydrogen (secondary N) is 1. The average Bonchev–Trinajstić information content (AvgIpc) is 2.90. The standard InChI is InChI=1S/C22H31FN4O5/c1-15(28)5-7-17-14-26(20(29)31-17)16-6-8-19(18(23)13-16)25-10-9-24-27(12-11-25)21(30)32-22(2,3)4/h6,8,13,17,24H,5,7,9-12,14H2,1-4H3/t17-/m0/s1. The molecule has 0 unspecified atom stereocenters. The normalized spacial score (nSPS) is 19.6. The average molecular weight is 451 g/mol. The Morgan fingerprint density at radius 1 is 1.25 bits per heavy atom. The number of cyclic esters (lactones) is 1. The quantitative estimate of drug-likeness (QED) is 0.737. The number of hydrazine groups is 1. The third kappa shape index (κ3) is 6.09. The third-order valence-electron chi connectivity index (χ3n) is 5.17. The Balaban J connectivity index is 1.63. The Morgan fingerprint density at radius 3 is 2.66 bits per heavy atom. The predicted molar refractivity (Wildman–Crippen MR) is 117 cm³/mol. The van der Waals surface area contributed by atoms with Gasteiger partial charge in [-0.25, -0.2) is 24.4 Å². The third-order valence-corrected chi connectivity index (χ3v) is 5.17. The molecule has 0 saturated carbocycles. The molecule has 32 heavy (non-hydrogen) atoms. The van der Waals surface area contributed by atoms with Gasteiger partial charge in [0.15, 0.2) is 0 Å². The van der Waals surface area contributed by atoms with Gasteiger partial charge in [-0.3, -0.25) is 4.90 Å². The number of nitrogens with zero attached hydrogens (tertiary/aromatic N) is 3. The number of ether oxygens (including phenoxy) is 2. The van der Waals surface area contributed by atoms with Gasteiger partial charge in [0, 0.05) is 26.1 Å². The van der Waals surface area contributed by atoms with Crippen molar-refractivity contribution in [2.24, 2.45) is 0 Å². The summed E-state index contributed by atoms with van der Waals surface area (Å²) in [5, 5.41) is 1.40. The highest BCUT2D eigenvalue weighted by Crippen LogP contribution is 2.29. The van der Waals surface area contributed by atoms with Crippen LogP contribution in [0, 0.1) is 5.82 Å². The lowest BCUT2D eigenvalue weighted by atomic mass is 10.1. The minimum Gasteiger partial charge on any atom is -0.444 e. The van der Waals surface area contributed by atoms with Gasteiger partial charge in [0.05, 0.1) is 24.5 Å². The van der Waals surface area contributed by atoms with Crippen molar-refractivity contribution in [2.75, 3.05) is 42.5 Å². The first kappa shape index (κ1) is 23.8. The van der Waals surface area contributed by atoms with Crippen molar-refractivity contribution < 1.29 is 28.2 Å². The summed E-state index contributed by atoms with van der Waals surface area (Å²) in [7, 11) is 0. The minimum atomic E-state index is -0.603. The molecule has 2 fully saturated rings. The van der Waals surface area contributed by atoms with E-state index in [-0.39, 0.29) is 18.4 Å². The fourth-order valence-corrected chi connectivity index (χ4v) is 3.61. The molecule has 10 heteroatoms. The highest BCUT2D eigenvalue weighted by atomic mass is 19.1. The lowest BCUT2D eigenvalue weighted by molar-refractivity contribution is -0.117. The van der Waals surface area contributed by atoms with E-state index < -0.39 is 23.6 Å². The van der Waals surface area contributed by atoms with Crippen LogP contribution < -0.4 is 15.2 Å². The second-order valence-corrected chi connectivity index (χ2v) is 9.02. The summed E-state index contributed by atoms with van der Waals surface area (Å²) in [5.74, 6) is -0.430. The number of anilines is 2. The maximum Gasteiger partial charge on any atom is 0.424 e. The highest BCUT2D eigenvalue weighted by Gasteiger charge is 2.33. The van der Waals surface area contributed by atoms with Crippen LogP contribution in [0.4, 0.5) is 25.4 Å². The molecule has 3 rings (SSSR count). The monoisotopic (exact) mass is 450 g/mol. The molecule has 0 aliphatic carbocycles. The molecular weight excluding hydrogens is 419 g/mol. The molecule has 0 spiro atoms. The first-order valence-electron chi connectivity index (χ1n) is 10.8. The number of carbonyl (C=O) groups excluding carboxylic acids is 3. The van der Waals surface area contributed by atoms with Crippen molar-refractivity contribution in [2.45, 2.75) is 52.2 Å². The second-order valence-electron chi connectivity index (χ2n) is 9.02. The number of hydrogen-bond donors (Lipinski definition) is 1. The zero-order chi connectivity index (χ0) is 23.5. The predicted octanol–water partition coefficient (Wildman–Crippen LogP) is 3.08.